The van der Waals surface area contributed by atoms with Crippen LogP contribution >= 0.6 is 0 Å². The molecule has 0 unspecified atom stereocenters. The number of carbonyl (C=O) groups is 1. The van der Waals surface area contributed by atoms with Gasteiger partial charge in [0.25, 0.3) is 5.91 Å². The van der Waals surface area contributed by atoms with Gasteiger partial charge >= 0.3 is 0 Å². The van der Waals surface area contributed by atoms with Crippen LogP contribution < -0.4 is 5.32 Å². The Morgan fingerprint density at radius 1 is 1.21 bits per heavy atom. The molecule has 1 N–H and O–H groups in total. The van der Waals surface area contributed by atoms with E-state index in [-0.39, 0.29) is 11.8 Å². The van der Waals surface area contributed by atoms with Crippen molar-refractivity contribution in [2.24, 2.45) is 0 Å². The van der Waals surface area contributed by atoms with E-state index in [0.717, 1.165) is 11.3 Å². The summed E-state index contributed by atoms with van der Waals surface area (Å²) in [6, 6.07) is 7.48. The molecule has 19 heavy (non-hydrogen) atoms. The first-order valence-corrected chi connectivity index (χ1v) is 6.32. The molecule has 1 amide bonds. The van der Waals surface area contributed by atoms with Crippen LogP contribution in [0.1, 0.15) is 47.1 Å². The number of hydrogen-bond donors (Lipinski definition) is 1. The van der Waals surface area contributed by atoms with E-state index in [9.17, 15) is 4.79 Å². The number of amides is 1. The molecule has 4 heteroatoms. The van der Waals surface area contributed by atoms with E-state index in [1.54, 1.807) is 6.07 Å². The van der Waals surface area contributed by atoms with Gasteiger partial charge in [0, 0.05) is 17.7 Å². The highest BCUT2D eigenvalue weighted by molar-refractivity contribution is 6.02. The summed E-state index contributed by atoms with van der Waals surface area (Å²) in [6.07, 6.45) is 0. The van der Waals surface area contributed by atoms with Crippen molar-refractivity contribution in [2.45, 2.75) is 33.6 Å². The number of aryl methyl sites for hydroxylation is 2. The molecule has 4 nitrogen and oxygen atoms in total. The van der Waals surface area contributed by atoms with Gasteiger partial charge in [-0.2, -0.15) is 0 Å². The van der Waals surface area contributed by atoms with Crippen molar-refractivity contribution in [3.05, 3.63) is 46.8 Å². The second-order valence-corrected chi connectivity index (χ2v) is 5.02. The highest BCUT2D eigenvalue weighted by Gasteiger charge is 2.14. The van der Waals surface area contributed by atoms with Crippen molar-refractivity contribution < 1.29 is 9.32 Å². The maximum atomic E-state index is 12.0. The second kappa shape index (κ2) is 5.26. The van der Waals surface area contributed by atoms with Crippen molar-refractivity contribution in [3.63, 3.8) is 0 Å². The van der Waals surface area contributed by atoms with Gasteiger partial charge in [0.2, 0.25) is 0 Å². The molecule has 0 bridgehead atoms. The summed E-state index contributed by atoms with van der Waals surface area (Å²) in [5.74, 6) is 0.680. The second-order valence-electron chi connectivity index (χ2n) is 5.02. The van der Waals surface area contributed by atoms with Gasteiger partial charge in [0.15, 0.2) is 5.69 Å². The zero-order valence-electron chi connectivity index (χ0n) is 11.7. The lowest BCUT2D eigenvalue weighted by Crippen LogP contribution is -2.12. The Morgan fingerprint density at radius 3 is 2.53 bits per heavy atom. The van der Waals surface area contributed by atoms with E-state index < -0.39 is 0 Å². The van der Waals surface area contributed by atoms with Crippen LogP contribution in [0.5, 0.6) is 0 Å². The number of nitrogens with zero attached hydrogens (tertiary/aromatic N) is 1. The smallest absolute Gasteiger partial charge is 0.277 e. The van der Waals surface area contributed by atoms with Crippen molar-refractivity contribution in [1.82, 2.24) is 5.16 Å². The number of anilines is 1. The summed E-state index contributed by atoms with van der Waals surface area (Å²) in [5, 5.41) is 6.60. The number of benzene rings is 1. The predicted molar refractivity (Wildman–Crippen MR) is 74.5 cm³/mol. The van der Waals surface area contributed by atoms with E-state index in [1.807, 2.05) is 45.9 Å². The van der Waals surface area contributed by atoms with Gasteiger partial charge in [-0.15, -0.1) is 0 Å². The monoisotopic (exact) mass is 258 g/mol. The molecule has 2 rings (SSSR count). The molecule has 1 aromatic carbocycles. The largest absolute Gasteiger partial charge is 0.360 e. The number of hydrogen-bond acceptors (Lipinski definition) is 3. The topological polar surface area (TPSA) is 55.1 Å². The highest BCUT2D eigenvalue weighted by Crippen LogP contribution is 2.17. The van der Waals surface area contributed by atoms with Crippen LogP contribution in [0.4, 0.5) is 5.69 Å². The lowest BCUT2D eigenvalue weighted by Gasteiger charge is -2.05. The third kappa shape index (κ3) is 3.02. The first-order chi connectivity index (χ1) is 8.97. The maximum Gasteiger partial charge on any atom is 0.277 e. The minimum Gasteiger partial charge on any atom is -0.360 e. The minimum atomic E-state index is -0.251. The van der Waals surface area contributed by atoms with Crippen LogP contribution in [0.3, 0.4) is 0 Å². The molecule has 0 aliphatic rings. The van der Waals surface area contributed by atoms with E-state index in [2.05, 4.69) is 10.5 Å². The van der Waals surface area contributed by atoms with Gasteiger partial charge in [-0.1, -0.05) is 25.1 Å². The Kier molecular flexibility index (Phi) is 3.69. The maximum absolute atomic E-state index is 12.0. The summed E-state index contributed by atoms with van der Waals surface area (Å²) in [7, 11) is 0. The van der Waals surface area contributed by atoms with Gasteiger partial charge in [-0.25, -0.2) is 0 Å². The number of rotatable bonds is 3. The van der Waals surface area contributed by atoms with Crippen molar-refractivity contribution in [3.8, 4) is 0 Å². The van der Waals surface area contributed by atoms with Crippen LogP contribution in [-0.4, -0.2) is 11.1 Å². The standard InChI is InChI=1S/C15H18N2O2/c1-9(2)14-8-13(17-19-14)15(18)16-12-6-5-10(3)11(4)7-12/h5-9H,1-4H3,(H,16,18). The lowest BCUT2D eigenvalue weighted by atomic mass is 10.1. The molecule has 2 aromatic rings. The van der Waals surface area contributed by atoms with Crippen molar-refractivity contribution in [1.29, 1.82) is 0 Å². The quantitative estimate of drug-likeness (QED) is 0.913. The fourth-order valence-electron chi connectivity index (χ4n) is 1.68. The lowest BCUT2D eigenvalue weighted by molar-refractivity contribution is 0.101. The number of aromatic nitrogens is 1. The molecule has 100 valence electrons. The molecule has 0 radical (unpaired) electrons. The third-order valence-electron chi connectivity index (χ3n) is 3.09. The summed E-state index contributed by atoms with van der Waals surface area (Å²) >= 11 is 0. The van der Waals surface area contributed by atoms with Crippen molar-refractivity contribution >= 4 is 11.6 Å². The minimum absolute atomic E-state index is 0.218. The Morgan fingerprint density at radius 2 is 1.95 bits per heavy atom. The zero-order chi connectivity index (χ0) is 14.0. The molecule has 0 saturated carbocycles. The predicted octanol–water partition coefficient (Wildman–Crippen LogP) is 3.67. The van der Waals surface area contributed by atoms with Gasteiger partial charge in [0.05, 0.1) is 0 Å². The third-order valence-corrected chi connectivity index (χ3v) is 3.09. The molecule has 0 spiro atoms. The van der Waals surface area contributed by atoms with Gasteiger partial charge < -0.3 is 9.84 Å². The molecule has 0 aliphatic carbocycles. The van der Waals surface area contributed by atoms with Gasteiger partial charge in [0.1, 0.15) is 5.76 Å². The molecule has 0 atom stereocenters. The van der Waals surface area contributed by atoms with Crippen LogP contribution in [0, 0.1) is 13.8 Å². The fraction of sp³-hybridized carbons (Fsp3) is 0.333. The van der Waals surface area contributed by atoms with E-state index in [1.165, 1.54) is 5.56 Å². The van der Waals surface area contributed by atoms with Gasteiger partial charge in [-0.05, 0) is 37.1 Å². The summed E-state index contributed by atoms with van der Waals surface area (Å²) in [5.41, 5.74) is 3.41. The molecule has 0 aliphatic heterocycles. The zero-order valence-corrected chi connectivity index (χ0v) is 11.7. The Labute approximate surface area is 112 Å². The van der Waals surface area contributed by atoms with Crippen LogP contribution in [0.25, 0.3) is 0 Å². The van der Waals surface area contributed by atoms with Crippen LogP contribution in [0.15, 0.2) is 28.8 Å². The molecular weight excluding hydrogens is 240 g/mol. The van der Waals surface area contributed by atoms with E-state index >= 15 is 0 Å². The number of carbonyl (C=O) groups excluding carboxylic acids is 1. The first kappa shape index (κ1) is 13.3. The Bertz CT molecular complexity index is 600. The molecule has 0 fully saturated rings. The fourth-order valence-corrected chi connectivity index (χ4v) is 1.68. The SMILES string of the molecule is Cc1ccc(NC(=O)c2cc(C(C)C)on2)cc1C. The average Bonchev–Trinajstić information content (AvgIpc) is 2.83. The van der Waals surface area contributed by atoms with Crippen LogP contribution in [-0.2, 0) is 0 Å². The molecule has 1 aromatic heterocycles. The highest BCUT2D eigenvalue weighted by atomic mass is 16.5. The summed E-state index contributed by atoms with van der Waals surface area (Å²) < 4.78 is 5.12. The Hall–Kier alpha value is -2.10. The summed E-state index contributed by atoms with van der Waals surface area (Å²) in [4.78, 5) is 12.0. The van der Waals surface area contributed by atoms with E-state index in [4.69, 9.17) is 4.52 Å². The Balaban J connectivity index is 2.13. The molecule has 0 saturated heterocycles. The first-order valence-electron chi connectivity index (χ1n) is 6.32. The van der Waals surface area contributed by atoms with Gasteiger partial charge in [-0.3, -0.25) is 4.79 Å². The molecular formula is C15H18N2O2. The normalized spacial score (nSPS) is 10.8. The van der Waals surface area contributed by atoms with Crippen molar-refractivity contribution in [2.75, 3.05) is 5.32 Å². The average molecular weight is 258 g/mol. The van der Waals surface area contributed by atoms with E-state index in [0.29, 0.717) is 11.5 Å². The number of nitrogens with one attached hydrogen (secondary N) is 1. The van der Waals surface area contributed by atoms with Crippen LogP contribution in [0.2, 0.25) is 0 Å². The molecule has 1 heterocycles. The summed E-state index contributed by atoms with van der Waals surface area (Å²) in [6.45, 7) is 8.03.